The SMILES string of the molecule is O=C(NCc1ccc(C(=Nc2cccc(Br)c2)NO)s1)Nc1ccc(F)cc1. The minimum absolute atomic E-state index is 0.299. The molecular weight excluding hydrogens is 447 g/mol. The van der Waals surface area contributed by atoms with Gasteiger partial charge in [-0.25, -0.2) is 14.2 Å². The summed E-state index contributed by atoms with van der Waals surface area (Å²) >= 11 is 4.76. The molecule has 0 aliphatic carbocycles. The van der Waals surface area contributed by atoms with E-state index in [1.165, 1.54) is 35.6 Å². The molecule has 0 saturated carbocycles. The van der Waals surface area contributed by atoms with Crippen molar-refractivity contribution in [2.24, 2.45) is 4.99 Å². The topological polar surface area (TPSA) is 85.8 Å². The van der Waals surface area contributed by atoms with E-state index < -0.39 is 6.03 Å². The minimum Gasteiger partial charge on any atom is -0.333 e. The number of nitrogens with zero attached hydrogens (tertiary/aromatic N) is 1. The van der Waals surface area contributed by atoms with Gasteiger partial charge in [-0.2, -0.15) is 0 Å². The number of nitrogens with one attached hydrogen (secondary N) is 3. The molecule has 0 bridgehead atoms. The Morgan fingerprint density at radius 3 is 2.64 bits per heavy atom. The van der Waals surface area contributed by atoms with Gasteiger partial charge in [0.25, 0.3) is 0 Å². The van der Waals surface area contributed by atoms with E-state index in [1.54, 1.807) is 6.07 Å². The van der Waals surface area contributed by atoms with Gasteiger partial charge in [-0.3, -0.25) is 10.7 Å². The van der Waals surface area contributed by atoms with Gasteiger partial charge in [-0.15, -0.1) is 11.3 Å². The normalized spacial score (nSPS) is 11.2. The number of anilines is 1. The number of halogens is 2. The first kappa shape index (κ1) is 20.0. The molecule has 3 aromatic rings. The van der Waals surface area contributed by atoms with Gasteiger partial charge in [0.2, 0.25) is 0 Å². The lowest BCUT2D eigenvalue weighted by Crippen LogP contribution is -2.27. The lowest BCUT2D eigenvalue weighted by molar-refractivity contribution is 0.235. The van der Waals surface area contributed by atoms with Crippen LogP contribution in [0.4, 0.5) is 20.6 Å². The Kier molecular flexibility index (Phi) is 6.75. The van der Waals surface area contributed by atoms with Crippen LogP contribution in [0.1, 0.15) is 9.75 Å². The second kappa shape index (κ2) is 9.45. The third kappa shape index (κ3) is 5.62. The van der Waals surface area contributed by atoms with Crippen molar-refractivity contribution in [3.05, 3.63) is 80.7 Å². The molecule has 0 fully saturated rings. The maximum atomic E-state index is 12.9. The number of amides is 2. The van der Waals surface area contributed by atoms with Crippen molar-refractivity contribution in [3.63, 3.8) is 0 Å². The molecule has 2 amide bonds. The number of aliphatic imine (C=N–C) groups is 1. The fraction of sp³-hybridized carbons (Fsp3) is 0.0526. The lowest BCUT2D eigenvalue weighted by Gasteiger charge is -2.06. The minimum atomic E-state index is -0.398. The summed E-state index contributed by atoms with van der Waals surface area (Å²) in [5.74, 6) is -0.0555. The zero-order valence-electron chi connectivity index (χ0n) is 14.4. The summed E-state index contributed by atoms with van der Waals surface area (Å²) in [6.45, 7) is 0.299. The molecule has 3 rings (SSSR count). The second-order valence-electron chi connectivity index (χ2n) is 5.63. The Balaban J connectivity index is 1.61. The number of amidine groups is 1. The van der Waals surface area contributed by atoms with Crippen molar-refractivity contribution in [2.75, 3.05) is 5.32 Å². The van der Waals surface area contributed by atoms with Crippen LogP contribution in [0.25, 0.3) is 0 Å². The Morgan fingerprint density at radius 2 is 1.93 bits per heavy atom. The molecule has 2 aromatic carbocycles. The van der Waals surface area contributed by atoms with Crippen LogP contribution >= 0.6 is 27.3 Å². The summed E-state index contributed by atoms with van der Waals surface area (Å²) in [7, 11) is 0. The van der Waals surface area contributed by atoms with E-state index in [-0.39, 0.29) is 5.82 Å². The van der Waals surface area contributed by atoms with Crippen molar-refractivity contribution in [2.45, 2.75) is 6.54 Å². The highest BCUT2D eigenvalue weighted by molar-refractivity contribution is 9.10. The van der Waals surface area contributed by atoms with Gasteiger partial charge in [0, 0.05) is 15.0 Å². The number of thiophene rings is 1. The van der Waals surface area contributed by atoms with Gasteiger partial charge in [0.15, 0.2) is 5.84 Å². The molecule has 144 valence electrons. The van der Waals surface area contributed by atoms with E-state index in [1.807, 2.05) is 30.3 Å². The van der Waals surface area contributed by atoms with E-state index in [0.717, 1.165) is 14.2 Å². The van der Waals surface area contributed by atoms with Crippen molar-refractivity contribution in [3.8, 4) is 0 Å². The summed E-state index contributed by atoms with van der Waals surface area (Å²) in [5, 5.41) is 14.8. The lowest BCUT2D eigenvalue weighted by atomic mass is 10.3. The first-order valence-corrected chi connectivity index (χ1v) is 9.78. The average molecular weight is 463 g/mol. The molecule has 6 nitrogen and oxygen atoms in total. The fourth-order valence-corrected chi connectivity index (χ4v) is 3.56. The summed E-state index contributed by atoms with van der Waals surface area (Å²) in [5.41, 5.74) is 3.29. The number of rotatable bonds is 5. The van der Waals surface area contributed by atoms with Gasteiger partial charge in [-0.05, 0) is 54.6 Å². The molecule has 0 radical (unpaired) electrons. The number of hydroxylamine groups is 1. The van der Waals surface area contributed by atoms with E-state index in [2.05, 4.69) is 37.0 Å². The average Bonchev–Trinajstić information content (AvgIpc) is 3.15. The summed E-state index contributed by atoms with van der Waals surface area (Å²) in [6, 6.07) is 16.1. The zero-order chi connectivity index (χ0) is 19.9. The second-order valence-corrected chi connectivity index (χ2v) is 7.72. The number of hydrogen-bond acceptors (Lipinski definition) is 4. The molecule has 0 aliphatic heterocycles. The monoisotopic (exact) mass is 462 g/mol. The fourth-order valence-electron chi connectivity index (χ4n) is 2.29. The maximum absolute atomic E-state index is 12.9. The maximum Gasteiger partial charge on any atom is 0.319 e. The smallest absolute Gasteiger partial charge is 0.319 e. The van der Waals surface area contributed by atoms with Gasteiger partial charge in [0.1, 0.15) is 5.82 Å². The van der Waals surface area contributed by atoms with E-state index in [9.17, 15) is 14.4 Å². The molecule has 0 saturated heterocycles. The van der Waals surface area contributed by atoms with Crippen LogP contribution in [0.3, 0.4) is 0 Å². The predicted molar refractivity (Wildman–Crippen MR) is 112 cm³/mol. The van der Waals surface area contributed by atoms with Crippen LogP contribution in [-0.4, -0.2) is 17.1 Å². The summed E-state index contributed by atoms with van der Waals surface area (Å²) < 4.78 is 13.8. The molecule has 0 spiro atoms. The van der Waals surface area contributed by atoms with Gasteiger partial charge >= 0.3 is 6.03 Å². The molecule has 1 aromatic heterocycles. The number of carbonyl (C=O) groups excluding carboxylic acids is 1. The van der Waals surface area contributed by atoms with Crippen molar-refractivity contribution in [1.82, 2.24) is 10.8 Å². The molecular formula is C19H16BrFN4O2S. The van der Waals surface area contributed by atoms with Crippen molar-refractivity contribution in [1.29, 1.82) is 0 Å². The van der Waals surface area contributed by atoms with Gasteiger partial charge in [-0.1, -0.05) is 22.0 Å². The number of carbonyl (C=O) groups is 1. The number of benzene rings is 2. The molecule has 9 heteroatoms. The third-order valence-electron chi connectivity index (χ3n) is 3.58. The highest BCUT2D eigenvalue weighted by Gasteiger charge is 2.09. The van der Waals surface area contributed by atoms with Crippen LogP contribution < -0.4 is 16.1 Å². The number of hydrogen-bond donors (Lipinski definition) is 4. The first-order chi connectivity index (χ1) is 13.5. The standard InChI is InChI=1S/C19H16BrFN4O2S/c20-12-2-1-3-15(10-12)23-18(25-27)17-9-8-16(28-17)11-22-19(26)24-14-6-4-13(21)5-7-14/h1-10,27H,11H2,(H,23,25)(H2,22,24,26). The number of urea groups is 1. The largest absolute Gasteiger partial charge is 0.333 e. The van der Waals surface area contributed by atoms with Crippen molar-refractivity contribution >= 4 is 50.5 Å². The highest BCUT2D eigenvalue weighted by Crippen LogP contribution is 2.22. The Hall–Kier alpha value is -2.75. The molecule has 0 unspecified atom stereocenters. The molecule has 0 atom stereocenters. The Labute approximate surface area is 173 Å². The van der Waals surface area contributed by atoms with Crippen molar-refractivity contribution < 1.29 is 14.4 Å². The third-order valence-corrected chi connectivity index (χ3v) is 5.16. The first-order valence-electron chi connectivity index (χ1n) is 8.17. The molecule has 4 N–H and O–H groups in total. The highest BCUT2D eigenvalue weighted by atomic mass is 79.9. The summed E-state index contributed by atoms with van der Waals surface area (Å²) in [4.78, 5) is 17.9. The van der Waals surface area contributed by atoms with Gasteiger partial charge < -0.3 is 10.6 Å². The quantitative estimate of drug-likeness (QED) is 0.243. The Bertz CT molecular complexity index is 992. The van der Waals surface area contributed by atoms with E-state index in [0.29, 0.717) is 23.8 Å². The van der Waals surface area contributed by atoms with Crippen LogP contribution in [0.2, 0.25) is 0 Å². The zero-order valence-corrected chi connectivity index (χ0v) is 16.8. The van der Waals surface area contributed by atoms with Gasteiger partial charge in [0.05, 0.1) is 17.1 Å². The Morgan fingerprint density at radius 1 is 1.14 bits per heavy atom. The van der Waals surface area contributed by atoms with Crippen LogP contribution in [0.15, 0.2) is 70.1 Å². The predicted octanol–water partition coefficient (Wildman–Crippen LogP) is 5.03. The van der Waals surface area contributed by atoms with Crippen LogP contribution in [0, 0.1) is 5.82 Å². The van der Waals surface area contributed by atoms with Crippen LogP contribution in [-0.2, 0) is 6.54 Å². The van der Waals surface area contributed by atoms with E-state index in [4.69, 9.17) is 0 Å². The van der Waals surface area contributed by atoms with Crippen LogP contribution in [0.5, 0.6) is 0 Å². The molecule has 28 heavy (non-hydrogen) atoms. The van der Waals surface area contributed by atoms with E-state index >= 15 is 0 Å². The molecule has 0 aliphatic rings. The summed E-state index contributed by atoms with van der Waals surface area (Å²) in [6.07, 6.45) is 0. The molecule has 1 heterocycles.